The molecule has 6 heteroatoms. The highest BCUT2D eigenvalue weighted by atomic mass is 16.3. The number of amides is 2. The fourth-order valence-electron chi connectivity index (χ4n) is 5.49. The van der Waals surface area contributed by atoms with E-state index in [2.05, 4.69) is 48.8 Å². The van der Waals surface area contributed by atoms with Crippen LogP contribution in [-0.4, -0.2) is 47.3 Å². The van der Waals surface area contributed by atoms with E-state index in [4.69, 9.17) is 0 Å². The van der Waals surface area contributed by atoms with Gasteiger partial charge in [-0.15, -0.1) is 0 Å². The average Bonchev–Trinajstić information content (AvgIpc) is 3.07. The molecule has 0 fully saturated rings. The molecule has 2 unspecified atom stereocenters. The quantitative estimate of drug-likeness (QED) is 0.0398. The van der Waals surface area contributed by atoms with E-state index in [1.165, 1.54) is 51.4 Å². The molecule has 4 N–H and O–H groups in total. The summed E-state index contributed by atoms with van der Waals surface area (Å²) in [4.78, 5) is 24.1. The Labute approximate surface area is 296 Å². The lowest BCUT2D eigenvalue weighted by atomic mass is 10.1. The molecule has 0 aromatic carbocycles. The van der Waals surface area contributed by atoms with Crippen LogP contribution < -0.4 is 10.6 Å². The lowest BCUT2D eigenvalue weighted by molar-refractivity contribution is -0.122. The minimum Gasteiger partial charge on any atom is -0.385 e. The second-order valence-corrected chi connectivity index (χ2v) is 13.4. The van der Waals surface area contributed by atoms with Gasteiger partial charge in [0.05, 0.1) is 12.2 Å². The topological polar surface area (TPSA) is 98.7 Å². The van der Waals surface area contributed by atoms with Gasteiger partial charge in [-0.25, -0.2) is 0 Å². The normalized spacial score (nSPS) is 13.3. The van der Waals surface area contributed by atoms with Crippen LogP contribution in [0.1, 0.15) is 181 Å². The summed E-state index contributed by atoms with van der Waals surface area (Å²) < 4.78 is 0. The number of hydrogen-bond donors (Lipinski definition) is 4. The summed E-state index contributed by atoms with van der Waals surface area (Å²) in [6.45, 7) is 5.88. The Balaban J connectivity index is 3.45. The summed E-state index contributed by atoms with van der Waals surface area (Å²) >= 11 is 0. The molecule has 2 amide bonds. The Hall–Kier alpha value is -2.18. The van der Waals surface area contributed by atoms with Crippen molar-refractivity contribution in [2.24, 2.45) is 0 Å². The van der Waals surface area contributed by atoms with Crippen molar-refractivity contribution >= 4 is 11.8 Å². The van der Waals surface area contributed by atoms with Crippen LogP contribution in [-0.2, 0) is 9.59 Å². The van der Waals surface area contributed by atoms with Crippen LogP contribution >= 0.6 is 0 Å². The smallest absolute Gasteiger partial charge is 0.219 e. The summed E-state index contributed by atoms with van der Waals surface area (Å²) in [7, 11) is 0. The van der Waals surface area contributed by atoms with Gasteiger partial charge in [-0.05, 0) is 77.0 Å². The van der Waals surface area contributed by atoms with Gasteiger partial charge in [0.1, 0.15) is 0 Å². The SMILES string of the molecule is CCCCC/C=C\C(O)/C=C\CCCCCCCC(=O)NCCCCCCNC(=O)CCCCCCC/C=C\C(O)/C=C\CCCCC. The molecule has 278 valence electrons. The second-order valence-electron chi connectivity index (χ2n) is 13.4. The van der Waals surface area contributed by atoms with Gasteiger partial charge in [0, 0.05) is 25.9 Å². The highest BCUT2D eigenvalue weighted by molar-refractivity contribution is 5.76. The van der Waals surface area contributed by atoms with Crippen molar-refractivity contribution in [1.29, 1.82) is 0 Å². The molecular formula is C42H76N2O4. The second kappa shape index (κ2) is 37.6. The van der Waals surface area contributed by atoms with Gasteiger partial charge in [0.15, 0.2) is 0 Å². The maximum Gasteiger partial charge on any atom is 0.219 e. The van der Waals surface area contributed by atoms with Crippen LogP contribution in [0, 0.1) is 0 Å². The van der Waals surface area contributed by atoms with Crippen molar-refractivity contribution in [3.63, 3.8) is 0 Å². The number of aliphatic hydroxyl groups is 2. The predicted octanol–water partition coefficient (Wildman–Crippen LogP) is 10.3. The zero-order valence-corrected chi connectivity index (χ0v) is 31.3. The fraction of sp³-hybridized carbons (Fsp3) is 0.762. The van der Waals surface area contributed by atoms with Gasteiger partial charge in [0.25, 0.3) is 0 Å². The summed E-state index contributed by atoms with van der Waals surface area (Å²) in [5.74, 6) is 0.324. The van der Waals surface area contributed by atoms with E-state index in [0.717, 1.165) is 116 Å². The first-order valence-corrected chi connectivity index (χ1v) is 20.1. The average molecular weight is 673 g/mol. The number of carbonyl (C=O) groups excluding carboxylic acids is 2. The molecule has 0 rings (SSSR count). The van der Waals surface area contributed by atoms with Crippen LogP contribution in [0.15, 0.2) is 48.6 Å². The Morgan fingerprint density at radius 2 is 0.729 bits per heavy atom. The molecule has 0 saturated carbocycles. The number of nitrogens with one attached hydrogen (secondary N) is 2. The van der Waals surface area contributed by atoms with E-state index >= 15 is 0 Å². The lowest BCUT2D eigenvalue weighted by Crippen LogP contribution is -2.24. The van der Waals surface area contributed by atoms with Crippen molar-refractivity contribution in [1.82, 2.24) is 10.6 Å². The lowest BCUT2D eigenvalue weighted by Gasteiger charge is -2.07. The third-order valence-electron chi connectivity index (χ3n) is 8.58. The van der Waals surface area contributed by atoms with Crippen molar-refractivity contribution in [2.75, 3.05) is 13.1 Å². The molecule has 0 spiro atoms. The molecule has 0 saturated heterocycles. The molecule has 0 heterocycles. The Morgan fingerprint density at radius 1 is 0.438 bits per heavy atom. The minimum atomic E-state index is -0.464. The zero-order valence-electron chi connectivity index (χ0n) is 31.3. The van der Waals surface area contributed by atoms with Gasteiger partial charge in [-0.1, -0.05) is 140 Å². The first-order valence-electron chi connectivity index (χ1n) is 20.1. The largest absolute Gasteiger partial charge is 0.385 e. The Bertz CT molecular complexity index is 767. The molecule has 0 aliphatic heterocycles. The first kappa shape index (κ1) is 45.8. The fourth-order valence-corrected chi connectivity index (χ4v) is 5.49. The standard InChI is InChI=1S/C42H76N2O4/c1-3-5-7-15-23-31-39(45)33-25-17-11-9-13-19-27-35-41(47)43-37-29-21-22-30-38-44-42(48)36-28-20-14-10-12-18-26-34-40(46)32-24-16-8-6-4-2/h23-26,31-34,39-40,45-46H,3-22,27-30,35-38H2,1-2H3,(H,43,47)(H,44,48)/b31-23-,32-24-,33-25-,34-26-. The molecule has 6 nitrogen and oxygen atoms in total. The summed E-state index contributed by atoms with van der Waals surface area (Å²) in [6, 6.07) is 0. The molecule has 0 aromatic heterocycles. The highest BCUT2D eigenvalue weighted by Gasteiger charge is 2.02. The molecule has 0 aliphatic carbocycles. The molecule has 48 heavy (non-hydrogen) atoms. The molecule has 2 atom stereocenters. The molecule has 0 aromatic rings. The van der Waals surface area contributed by atoms with Crippen LogP contribution in [0.2, 0.25) is 0 Å². The zero-order chi connectivity index (χ0) is 35.2. The van der Waals surface area contributed by atoms with Crippen LogP contribution in [0.4, 0.5) is 0 Å². The van der Waals surface area contributed by atoms with E-state index in [1.807, 2.05) is 24.3 Å². The maximum atomic E-state index is 12.1. The van der Waals surface area contributed by atoms with Crippen molar-refractivity contribution in [3.05, 3.63) is 48.6 Å². The van der Waals surface area contributed by atoms with E-state index in [0.29, 0.717) is 12.8 Å². The van der Waals surface area contributed by atoms with Gasteiger partial charge < -0.3 is 20.8 Å². The van der Waals surface area contributed by atoms with Crippen LogP contribution in [0.5, 0.6) is 0 Å². The molecular weight excluding hydrogens is 596 g/mol. The first-order chi connectivity index (χ1) is 23.5. The summed E-state index contributed by atoms with van der Waals surface area (Å²) in [5, 5.41) is 26.0. The van der Waals surface area contributed by atoms with Crippen LogP contribution in [0.3, 0.4) is 0 Å². The number of allylic oxidation sites excluding steroid dienone is 4. The third kappa shape index (κ3) is 36.7. The van der Waals surface area contributed by atoms with Crippen molar-refractivity contribution in [2.45, 2.75) is 193 Å². The number of hydrogen-bond acceptors (Lipinski definition) is 4. The summed E-state index contributed by atoms with van der Waals surface area (Å²) in [6.07, 6.45) is 42.7. The van der Waals surface area contributed by atoms with Gasteiger partial charge in [-0.3, -0.25) is 9.59 Å². The van der Waals surface area contributed by atoms with Gasteiger partial charge in [0.2, 0.25) is 11.8 Å². The van der Waals surface area contributed by atoms with E-state index in [1.54, 1.807) is 0 Å². The highest BCUT2D eigenvalue weighted by Crippen LogP contribution is 2.10. The Morgan fingerprint density at radius 3 is 1.08 bits per heavy atom. The van der Waals surface area contributed by atoms with E-state index < -0.39 is 12.2 Å². The van der Waals surface area contributed by atoms with Crippen LogP contribution in [0.25, 0.3) is 0 Å². The van der Waals surface area contributed by atoms with Gasteiger partial charge in [-0.2, -0.15) is 0 Å². The van der Waals surface area contributed by atoms with E-state index in [9.17, 15) is 19.8 Å². The maximum absolute atomic E-state index is 12.1. The molecule has 0 bridgehead atoms. The van der Waals surface area contributed by atoms with E-state index in [-0.39, 0.29) is 11.8 Å². The number of rotatable bonds is 35. The van der Waals surface area contributed by atoms with Crippen molar-refractivity contribution in [3.8, 4) is 0 Å². The minimum absolute atomic E-state index is 0.162. The monoisotopic (exact) mass is 673 g/mol. The third-order valence-corrected chi connectivity index (χ3v) is 8.58. The molecule has 0 radical (unpaired) electrons. The summed E-state index contributed by atoms with van der Waals surface area (Å²) in [5.41, 5.74) is 0. The number of carbonyl (C=O) groups is 2. The molecule has 0 aliphatic rings. The van der Waals surface area contributed by atoms with Crippen molar-refractivity contribution < 1.29 is 19.8 Å². The predicted molar refractivity (Wildman–Crippen MR) is 206 cm³/mol. The Kier molecular flexibility index (Phi) is 35.9. The number of aliphatic hydroxyl groups excluding tert-OH is 2. The number of unbranched alkanes of at least 4 members (excludes halogenated alkanes) is 19. The van der Waals surface area contributed by atoms with Gasteiger partial charge >= 0.3 is 0 Å².